The maximum absolute atomic E-state index is 12.2. The summed E-state index contributed by atoms with van der Waals surface area (Å²) in [6.45, 7) is 7.91. The SMILES string of the molecule is COCC1CC[C@@]2(C)[C@H](CC[C@@H]3[C@@H]2CC[C@]2(C)[C@@H](C(C)=O)CC[C@@H]32)C1. The molecule has 2 heteroatoms. The molecule has 0 spiro atoms. The van der Waals surface area contributed by atoms with Gasteiger partial charge in [0.15, 0.2) is 0 Å². The molecule has 4 aliphatic carbocycles. The van der Waals surface area contributed by atoms with Gasteiger partial charge >= 0.3 is 0 Å². The van der Waals surface area contributed by atoms with E-state index in [1.54, 1.807) is 0 Å². The lowest BCUT2D eigenvalue weighted by Gasteiger charge is -2.61. The quantitative estimate of drug-likeness (QED) is 0.675. The summed E-state index contributed by atoms with van der Waals surface area (Å²) in [5.41, 5.74) is 0.867. The average molecular weight is 347 g/mol. The van der Waals surface area contributed by atoms with Crippen molar-refractivity contribution >= 4 is 5.78 Å². The van der Waals surface area contributed by atoms with E-state index in [1.807, 2.05) is 14.0 Å². The van der Waals surface area contributed by atoms with E-state index in [9.17, 15) is 4.79 Å². The molecule has 142 valence electrons. The van der Waals surface area contributed by atoms with Crippen LogP contribution in [-0.2, 0) is 9.53 Å². The van der Waals surface area contributed by atoms with Crippen molar-refractivity contribution in [1.82, 2.24) is 0 Å². The molecule has 0 radical (unpaired) electrons. The zero-order valence-corrected chi connectivity index (χ0v) is 16.9. The Morgan fingerprint density at radius 1 is 0.960 bits per heavy atom. The normalized spacial score (nSPS) is 52.2. The number of rotatable bonds is 3. The lowest BCUT2D eigenvalue weighted by molar-refractivity contribution is -0.136. The molecule has 0 amide bonds. The average Bonchev–Trinajstić information content (AvgIpc) is 2.93. The topological polar surface area (TPSA) is 26.3 Å². The molecule has 0 saturated heterocycles. The van der Waals surface area contributed by atoms with Crippen LogP contribution >= 0.6 is 0 Å². The van der Waals surface area contributed by atoms with Gasteiger partial charge in [0.05, 0.1) is 0 Å². The summed E-state index contributed by atoms with van der Waals surface area (Å²) >= 11 is 0. The van der Waals surface area contributed by atoms with E-state index >= 15 is 0 Å². The predicted octanol–water partition coefficient (Wildman–Crippen LogP) is 5.50. The molecule has 1 unspecified atom stereocenters. The fourth-order valence-electron chi connectivity index (χ4n) is 8.40. The summed E-state index contributed by atoms with van der Waals surface area (Å²) in [4.78, 5) is 12.2. The Morgan fingerprint density at radius 3 is 2.40 bits per heavy atom. The summed E-state index contributed by atoms with van der Waals surface area (Å²) in [7, 11) is 1.86. The molecule has 4 rings (SSSR count). The Bertz CT molecular complexity index is 528. The van der Waals surface area contributed by atoms with Gasteiger partial charge in [0.25, 0.3) is 0 Å². The van der Waals surface area contributed by atoms with Crippen LogP contribution in [0.2, 0.25) is 0 Å². The van der Waals surface area contributed by atoms with E-state index in [4.69, 9.17) is 4.74 Å². The summed E-state index contributed by atoms with van der Waals surface area (Å²) in [6.07, 6.45) is 12.2. The molecule has 0 aliphatic heterocycles. The number of hydrogen-bond acceptors (Lipinski definition) is 2. The lowest BCUT2D eigenvalue weighted by atomic mass is 9.44. The number of fused-ring (bicyclic) bond motifs is 5. The van der Waals surface area contributed by atoms with Crippen LogP contribution in [-0.4, -0.2) is 19.5 Å². The van der Waals surface area contributed by atoms with E-state index in [0.717, 1.165) is 42.6 Å². The maximum atomic E-state index is 12.2. The van der Waals surface area contributed by atoms with Gasteiger partial charge in [0.1, 0.15) is 5.78 Å². The first-order valence-electron chi connectivity index (χ1n) is 10.9. The molecule has 0 heterocycles. The largest absolute Gasteiger partial charge is 0.384 e. The van der Waals surface area contributed by atoms with Gasteiger partial charge in [-0.1, -0.05) is 13.8 Å². The third-order valence-corrected chi connectivity index (χ3v) is 9.67. The minimum absolute atomic E-state index is 0.309. The summed E-state index contributed by atoms with van der Waals surface area (Å²) in [5, 5.41) is 0. The Balaban J connectivity index is 1.55. The van der Waals surface area contributed by atoms with Crippen molar-refractivity contribution in [1.29, 1.82) is 0 Å². The van der Waals surface area contributed by atoms with Crippen LogP contribution in [0.1, 0.15) is 78.6 Å². The van der Waals surface area contributed by atoms with Gasteiger partial charge in [-0.05, 0) is 105 Å². The third kappa shape index (κ3) is 2.65. The van der Waals surface area contributed by atoms with Gasteiger partial charge in [-0.2, -0.15) is 0 Å². The van der Waals surface area contributed by atoms with Crippen molar-refractivity contribution < 1.29 is 9.53 Å². The van der Waals surface area contributed by atoms with Crippen LogP contribution in [0.4, 0.5) is 0 Å². The Kier molecular flexibility index (Phi) is 4.58. The first-order chi connectivity index (χ1) is 11.9. The summed E-state index contributed by atoms with van der Waals surface area (Å²) < 4.78 is 5.47. The molecule has 0 aromatic heterocycles. The smallest absolute Gasteiger partial charge is 0.133 e. The highest BCUT2D eigenvalue weighted by atomic mass is 16.5. The Labute approximate surface area is 154 Å². The van der Waals surface area contributed by atoms with Crippen molar-refractivity contribution in [2.75, 3.05) is 13.7 Å². The second kappa shape index (κ2) is 6.36. The molecule has 2 nitrogen and oxygen atoms in total. The van der Waals surface area contributed by atoms with E-state index in [0.29, 0.717) is 22.5 Å². The predicted molar refractivity (Wildman–Crippen MR) is 101 cm³/mol. The molecule has 0 aromatic rings. The number of ketones is 1. The van der Waals surface area contributed by atoms with Crippen molar-refractivity contribution in [3.63, 3.8) is 0 Å². The number of ether oxygens (including phenoxy) is 1. The number of carbonyl (C=O) groups excluding carboxylic acids is 1. The second-order valence-corrected chi connectivity index (χ2v) is 10.5. The van der Waals surface area contributed by atoms with E-state index in [2.05, 4.69) is 13.8 Å². The second-order valence-electron chi connectivity index (χ2n) is 10.5. The summed E-state index contributed by atoms with van der Waals surface area (Å²) in [5.74, 6) is 5.14. The number of Topliss-reactive ketones (excluding diaryl/α,β-unsaturated/α-hetero) is 1. The molecule has 4 saturated carbocycles. The molecule has 25 heavy (non-hydrogen) atoms. The van der Waals surface area contributed by atoms with Crippen LogP contribution in [0, 0.1) is 46.3 Å². The van der Waals surface area contributed by atoms with Gasteiger partial charge in [-0.3, -0.25) is 4.79 Å². The first kappa shape index (κ1) is 18.0. The maximum Gasteiger partial charge on any atom is 0.133 e. The standard InChI is InChI=1S/C23H38O2/c1-15(24)19-7-8-20-18-6-5-17-13-16(14-25-4)9-11-22(17,2)21(18)10-12-23(19,20)3/h16-21H,5-14H2,1-4H3/t16?,17-,18+,19-,20+,21+,22+,23-/m1/s1. The molecule has 0 bridgehead atoms. The van der Waals surface area contributed by atoms with E-state index in [-0.39, 0.29) is 0 Å². The zero-order chi connectivity index (χ0) is 17.8. The monoisotopic (exact) mass is 346 g/mol. The molecule has 0 aromatic carbocycles. The van der Waals surface area contributed by atoms with E-state index in [1.165, 1.54) is 51.4 Å². The van der Waals surface area contributed by atoms with Crippen LogP contribution in [0.25, 0.3) is 0 Å². The zero-order valence-electron chi connectivity index (χ0n) is 16.9. The van der Waals surface area contributed by atoms with Crippen LogP contribution in [0.5, 0.6) is 0 Å². The number of hydrogen-bond donors (Lipinski definition) is 0. The fraction of sp³-hybridized carbons (Fsp3) is 0.957. The molecule has 4 aliphatic rings. The van der Waals surface area contributed by atoms with Crippen LogP contribution in [0.15, 0.2) is 0 Å². The van der Waals surface area contributed by atoms with Gasteiger partial charge in [-0.25, -0.2) is 0 Å². The highest BCUT2D eigenvalue weighted by Crippen LogP contribution is 2.67. The van der Waals surface area contributed by atoms with Gasteiger partial charge in [0, 0.05) is 19.6 Å². The van der Waals surface area contributed by atoms with Crippen LogP contribution < -0.4 is 0 Å². The third-order valence-electron chi connectivity index (χ3n) is 9.67. The highest BCUT2D eigenvalue weighted by Gasteiger charge is 2.60. The summed E-state index contributed by atoms with van der Waals surface area (Å²) in [6, 6.07) is 0. The first-order valence-corrected chi connectivity index (χ1v) is 10.9. The van der Waals surface area contributed by atoms with Gasteiger partial charge in [0.2, 0.25) is 0 Å². The highest BCUT2D eigenvalue weighted by molar-refractivity contribution is 5.79. The molecule has 4 fully saturated rings. The molecule has 0 N–H and O–H groups in total. The Morgan fingerprint density at radius 2 is 1.68 bits per heavy atom. The lowest BCUT2D eigenvalue weighted by Crippen LogP contribution is -2.54. The van der Waals surface area contributed by atoms with Crippen molar-refractivity contribution in [2.24, 2.45) is 46.3 Å². The molecular weight excluding hydrogens is 308 g/mol. The van der Waals surface area contributed by atoms with Gasteiger partial charge < -0.3 is 4.74 Å². The minimum atomic E-state index is 0.309. The van der Waals surface area contributed by atoms with E-state index < -0.39 is 0 Å². The molecular formula is C23H38O2. The molecule has 8 atom stereocenters. The van der Waals surface area contributed by atoms with Crippen molar-refractivity contribution in [3.05, 3.63) is 0 Å². The van der Waals surface area contributed by atoms with Crippen LogP contribution in [0.3, 0.4) is 0 Å². The Hall–Kier alpha value is -0.370. The minimum Gasteiger partial charge on any atom is -0.384 e. The van der Waals surface area contributed by atoms with Gasteiger partial charge in [-0.15, -0.1) is 0 Å². The number of carbonyl (C=O) groups is 1. The number of methoxy groups -OCH3 is 1. The fourth-order valence-corrected chi connectivity index (χ4v) is 8.40. The van der Waals surface area contributed by atoms with Crippen molar-refractivity contribution in [2.45, 2.75) is 78.6 Å². The van der Waals surface area contributed by atoms with Crippen molar-refractivity contribution in [3.8, 4) is 0 Å².